The average molecular weight is 455 g/mol. The van der Waals surface area contributed by atoms with Gasteiger partial charge >= 0.3 is 6.18 Å². The second-order valence-corrected chi connectivity index (χ2v) is 7.89. The van der Waals surface area contributed by atoms with Crippen molar-refractivity contribution in [3.05, 3.63) is 18.0 Å². The molecular formula is C20H28F3N7O2. The fourth-order valence-corrected chi connectivity index (χ4v) is 3.34. The molecule has 2 aromatic heterocycles. The van der Waals surface area contributed by atoms with Crippen molar-refractivity contribution in [1.29, 1.82) is 0 Å². The number of hydrogen-bond donors (Lipinski definition) is 2. The van der Waals surface area contributed by atoms with Crippen molar-refractivity contribution >= 4 is 23.4 Å². The van der Waals surface area contributed by atoms with Crippen LogP contribution in [-0.2, 0) is 18.0 Å². The van der Waals surface area contributed by atoms with Gasteiger partial charge in [0.2, 0.25) is 11.9 Å². The second-order valence-electron chi connectivity index (χ2n) is 7.89. The van der Waals surface area contributed by atoms with Crippen LogP contribution in [0.4, 0.5) is 30.6 Å². The minimum absolute atomic E-state index is 0.0201. The van der Waals surface area contributed by atoms with E-state index in [0.717, 1.165) is 19.0 Å². The van der Waals surface area contributed by atoms with Crippen molar-refractivity contribution in [2.45, 2.75) is 51.8 Å². The van der Waals surface area contributed by atoms with Crippen LogP contribution in [0.1, 0.15) is 45.1 Å². The van der Waals surface area contributed by atoms with E-state index in [2.05, 4.69) is 25.7 Å². The summed E-state index contributed by atoms with van der Waals surface area (Å²) in [4.78, 5) is 21.5. The number of ether oxygens (including phenoxy) is 1. The lowest BCUT2D eigenvalue weighted by atomic mass is 10.1. The van der Waals surface area contributed by atoms with Crippen LogP contribution >= 0.6 is 0 Å². The fraction of sp³-hybridized carbons (Fsp3) is 0.600. The molecule has 0 aliphatic carbocycles. The van der Waals surface area contributed by atoms with Gasteiger partial charge in [-0.1, -0.05) is 0 Å². The van der Waals surface area contributed by atoms with Crippen LogP contribution in [0, 0.1) is 0 Å². The Bertz CT molecular complexity index is 930. The van der Waals surface area contributed by atoms with E-state index in [4.69, 9.17) is 4.74 Å². The smallest absolute Gasteiger partial charge is 0.421 e. The molecule has 32 heavy (non-hydrogen) atoms. The van der Waals surface area contributed by atoms with E-state index in [9.17, 15) is 18.0 Å². The van der Waals surface area contributed by atoms with E-state index < -0.39 is 11.7 Å². The Balaban J connectivity index is 1.70. The van der Waals surface area contributed by atoms with Crippen LogP contribution in [0.5, 0.6) is 5.88 Å². The normalized spacial score (nSPS) is 14.7. The van der Waals surface area contributed by atoms with Gasteiger partial charge in [0, 0.05) is 39.3 Å². The van der Waals surface area contributed by atoms with Gasteiger partial charge in [-0.3, -0.25) is 9.48 Å². The second kappa shape index (κ2) is 10.0. The molecule has 2 N–H and O–H groups in total. The molecule has 1 amide bonds. The van der Waals surface area contributed by atoms with Crippen LogP contribution in [0.2, 0.25) is 0 Å². The van der Waals surface area contributed by atoms with Gasteiger partial charge < -0.3 is 20.3 Å². The molecule has 0 unspecified atom stereocenters. The molecule has 3 heterocycles. The van der Waals surface area contributed by atoms with Crippen LogP contribution in [0.3, 0.4) is 0 Å². The number of rotatable bonds is 9. The molecule has 0 saturated carbocycles. The highest BCUT2D eigenvalue weighted by Crippen LogP contribution is 2.34. The number of nitrogens with one attached hydrogen (secondary N) is 2. The van der Waals surface area contributed by atoms with Gasteiger partial charge in [0.25, 0.3) is 5.88 Å². The van der Waals surface area contributed by atoms with Crippen molar-refractivity contribution in [2.24, 2.45) is 7.05 Å². The van der Waals surface area contributed by atoms with Gasteiger partial charge in [0.15, 0.2) is 0 Å². The van der Waals surface area contributed by atoms with Gasteiger partial charge in [0.05, 0.1) is 12.3 Å². The molecule has 0 bridgehead atoms. The zero-order valence-electron chi connectivity index (χ0n) is 18.4. The van der Waals surface area contributed by atoms with Gasteiger partial charge in [-0.15, -0.1) is 5.10 Å². The van der Waals surface area contributed by atoms with E-state index >= 15 is 0 Å². The number of alkyl halides is 3. The van der Waals surface area contributed by atoms with Gasteiger partial charge in [-0.25, -0.2) is 4.98 Å². The number of carbonyl (C=O) groups excluding carboxylic acids is 1. The first kappa shape index (κ1) is 23.6. The molecule has 3 rings (SSSR count). The first-order valence-corrected chi connectivity index (χ1v) is 10.6. The van der Waals surface area contributed by atoms with E-state index in [-0.39, 0.29) is 30.3 Å². The molecule has 1 saturated heterocycles. The Kier molecular flexibility index (Phi) is 7.41. The van der Waals surface area contributed by atoms with Crippen molar-refractivity contribution < 1.29 is 22.7 Å². The van der Waals surface area contributed by atoms with Crippen molar-refractivity contribution in [3.8, 4) is 5.88 Å². The first-order chi connectivity index (χ1) is 15.1. The van der Waals surface area contributed by atoms with Gasteiger partial charge in [0.1, 0.15) is 17.1 Å². The molecular weight excluding hydrogens is 427 g/mol. The van der Waals surface area contributed by atoms with E-state index in [0.29, 0.717) is 37.5 Å². The number of halogens is 3. The van der Waals surface area contributed by atoms with Gasteiger partial charge in [-0.05, 0) is 33.1 Å². The van der Waals surface area contributed by atoms with Crippen LogP contribution in [-0.4, -0.2) is 56.3 Å². The predicted octanol–water partition coefficient (Wildman–Crippen LogP) is 3.57. The molecule has 1 aliphatic heterocycles. The summed E-state index contributed by atoms with van der Waals surface area (Å²) in [5.41, 5.74) is -0.516. The maximum absolute atomic E-state index is 13.4. The largest absolute Gasteiger partial charge is 0.472 e. The third-order valence-electron chi connectivity index (χ3n) is 4.80. The molecule has 2 aromatic rings. The number of nitrogens with zero attached hydrogens (tertiary/aromatic N) is 5. The highest BCUT2D eigenvalue weighted by Gasteiger charge is 2.35. The quantitative estimate of drug-likeness (QED) is 0.558. The molecule has 1 aliphatic rings. The third-order valence-corrected chi connectivity index (χ3v) is 4.80. The number of anilines is 3. The lowest BCUT2D eigenvalue weighted by Gasteiger charge is -2.26. The maximum atomic E-state index is 13.4. The number of likely N-dealkylation sites (tertiary alicyclic amines) is 1. The summed E-state index contributed by atoms with van der Waals surface area (Å²) < 4.78 is 47.5. The Hall–Kier alpha value is -3.05. The van der Waals surface area contributed by atoms with Crippen molar-refractivity contribution in [3.63, 3.8) is 0 Å². The number of aromatic nitrogens is 4. The van der Waals surface area contributed by atoms with E-state index in [1.165, 1.54) is 4.68 Å². The Labute approximate surface area is 184 Å². The highest BCUT2D eigenvalue weighted by molar-refractivity contribution is 5.76. The van der Waals surface area contributed by atoms with Crippen LogP contribution < -0.4 is 15.4 Å². The van der Waals surface area contributed by atoms with Crippen molar-refractivity contribution in [2.75, 3.05) is 30.3 Å². The number of hydrogen-bond acceptors (Lipinski definition) is 7. The number of piperidine rings is 1. The Morgan fingerprint density at radius 1 is 1.28 bits per heavy atom. The summed E-state index contributed by atoms with van der Waals surface area (Å²) in [7, 11) is 1.70. The summed E-state index contributed by atoms with van der Waals surface area (Å²) >= 11 is 0. The molecule has 0 aromatic carbocycles. The Morgan fingerprint density at radius 2 is 2.06 bits per heavy atom. The SMILES string of the molecule is CC(C)Oc1nn(C)cc1Nc1ncc(C(F)(F)F)c(NCCCN2CCCCC2=O)n1. The fourth-order valence-electron chi connectivity index (χ4n) is 3.34. The highest BCUT2D eigenvalue weighted by atomic mass is 19.4. The molecule has 176 valence electrons. The lowest BCUT2D eigenvalue weighted by molar-refractivity contribution is -0.137. The zero-order chi connectivity index (χ0) is 23.3. The topological polar surface area (TPSA) is 97.2 Å². The molecule has 0 radical (unpaired) electrons. The Morgan fingerprint density at radius 3 is 2.75 bits per heavy atom. The molecule has 0 atom stereocenters. The lowest BCUT2D eigenvalue weighted by Crippen LogP contribution is -2.36. The zero-order valence-corrected chi connectivity index (χ0v) is 18.4. The minimum atomic E-state index is -4.61. The monoisotopic (exact) mass is 455 g/mol. The molecule has 0 spiro atoms. The summed E-state index contributed by atoms with van der Waals surface area (Å²) in [6, 6.07) is 0. The minimum Gasteiger partial charge on any atom is -0.472 e. The number of amides is 1. The van der Waals surface area contributed by atoms with E-state index in [1.54, 1.807) is 18.1 Å². The van der Waals surface area contributed by atoms with Crippen LogP contribution in [0.15, 0.2) is 12.4 Å². The number of carbonyl (C=O) groups is 1. The average Bonchev–Trinajstić information content (AvgIpc) is 3.03. The van der Waals surface area contributed by atoms with E-state index in [1.807, 2.05) is 13.8 Å². The van der Waals surface area contributed by atoms with Crippen molar-refractivity contribution in [1.82, 2.24) is 24.6 Å². The standard InChI is InChI=1S/C20H28F3N7O2/c1-13(2)32-18-15(12-29(3)28-18)26-19-25-11-14(20(21,22)23)17(27-19)24-8-6-10-30-9-5-4-7-16(30)31/h11-13H,4-10H2,1-3H3,(H2,24,25,26,27). The van der Waals surface area contributed by atoms with Gasteiger partial charge in [-0.2, -0.15) is 18.2 Å². The van der Waals surface area contributed by atoms with Crippen LogP contribution in [0.25, 0.3) is 0 Å². The maximum Gasteiger partial charge on any atom is 0.421 e. The summed E-state index contributed by atoms with van der Waals surface area (Å²) in [5.74, 6) is 0.0480. The number of aryl methyl sites for hydroxylation is 1. The first-order valence-electron chi connectivity index (χ1n) is 10.6. The summed E-state index contributed by atoms with van der Waals surface area (Å²) in [5, 5.41) is 9.81. The molecule has 12 heteroatoms. The third kappa shape index (κ3) is 6.24. The summed E-state index contributed by atoms with van der Waals surface area (Å²) in [6.07, 6.45) is 0.503. The molecule has 9 nitrogen and oxygen atoms in total. The summed E-state index contributed by atoms with van der Waals surface area (Å²) in [6.45, 7) is 5.10. The predicted molar refractivity (Wildman–Crippen MR) is 113 cm³/mol. The molecule has 1 fully saturated rings.